The number of primary amides is 1. The minimum Gasteiger partial charge on any atom is -0.371 e. The molecule has 1 atom stereocenters. The van der Waals surface area contributed by atoms with E-state index in [1.54, 1.807) is 4.90 Å². The number of nitrogens with zero attached hydrogens (tertiary/aromatic N) is 2. The van der Waals surface area contributed by atoms with Crippen molar-refractivity contribution in [3.63, 3.8) is 0 Å². The van der Waals surface area contributed by atoms with E-state index in [9.17, 15) is 18.0 Å². The van der Waals surface area contributed by atoms with E-state index in [4.69, 9.17) is 11.0 Å². The van der Waals surface area contributed by atoms with Gasteiger partial charge in [0.25, 0.3) is 0 Å². The molecule has 0 radical (unpaired) electrons. The Labute approximate surface area is 126 Å². The number of anilines is 1. The molecule has 2 N–H and O–H groups in total. The van der Waals surface area contributed by atoms with Gasteiger partial charge in [-0.1, -0.05) is 0 Å². The molecule has 1 fully saturated rings. The fourth-order valence-electron chi connectivity index (χ4n) is 2.84. The molecule has 2 rings (SSSR count). The van der Waals surface area contributed by atoms with Crippen molar-refractivity contribution in [2.24, 2.45) is 11.7 Å². The minimum absolute atomic E-state index is 0.000667. The first-order valence-corrected chi connectivity index (χ1v) is 6.96. The fourth-order valence-corrected chi connectivity index (χ4v) is 2.84. The molecule has 0 spiro atoms. The second kappa shape index (κ2) is 6.26. The number of carbonyl (C=O) groups excluding carboxylic acids is 1. The molecule has 1 aromatic rings. The summed E-state index contributed by atoms with van der Waals surface area (Å²) in [6.07, 6.45) is -2.87. The maximum atomic E-state index is 13.2. The maximum absolute atomic E-state index is 13.2. The molecule has 7 heteroatoms. The SMILES string of the molecule is N#Cc1ccc(C(F)(F)F)c(N2CCC[C@@H](CC(N)=O)C2)c1. The van der Waals surface area contributed by atoms with Gasteiger partial charge in [-0.2, -0.15) is 18.4 Å². The molecular weight excluding hydrogens is 295 g/mol. The number of alkyl halides is 3. The number of nitrogens with two attached hydrogens (primary N) is 1. The molecule has 1 saturated heterocycles. The molecule has 22 heavy (non-hydrogen) atoms. The molecule has 0 aliphatic carbocycles. The van der Waals surface area contributed by atoms with Crippen LogP contribution >= 0.6 is 0 Å². The Hall–Kier alpha value is -2.23. The van der Waals surface area contributed by atoms with Crippen molar-refractivity contribution in [1.82, 2.24) is 0 Å². The predicted molar refractivity (Wildman–Crippen MR) is 74.9 cm³/mol. The summed E-state index contributed by atoms with van der Waals surface area (Å²) >= 11 is 0. The molecule has 0 saturated carbocycles. The molecule has 1 heterocycles. The Balaban J connectivity index is 2.33. The zero-order valence-corrected chi connectivity index (χ0v) is 11.9. The Morgan fingerprint density at radius 1 is 1.45 bits per heavy atom. The van der Waals surface area contributed by atoms with Gasteiger partial charge in [-0.15, -0.1) is 0 Å². The Bertz CT molecular complexity index is 607. The van der Waals surface area contributed by atoms with Crippen molar-refractivity contribution in [3.05, 3.63) is 29.3 Å². The zero-order valence-electron chi connectivity index (χ0n) is 11.9. The summed E-state index contributed by atoms with van der Waals surface area (Å²) in [6.45, 7) is 0.800. The number of carbonyl (C=O) groups is 1. The first-order chi connectivity index (χ1) is 10.3. The number of amides is 1. The Morgan fingerprint density at radius 2 is 2.18 bits per heavy atom. The highest BCUT2D eigenvalue weighted by atomic mass is 19.4. The van der Waals surface area contributed by atoms with Gasteiger partial charge in [0.05, 0.1) is 22.9 Å². The molecule has 0 unspecified atom stereocenters. The summed E-state index contributed by atoms with van der Waals surface area (Å²) in [5.74, 6) is -0.508. The number of benzene rings is 1. The standard InChI is InChI=1S/C15H16F3N3O/c16-15(17,18)12-4-3-10(8-19)6-13(12)21-5-1-2-11(9-21)7-14(20)22/h3-4,6,11H,1-2,5,7,9H2,(H2,20,22)/t11-/m0/s1. The second-order valence-electron chi connectivity index (χ2n) is 5.47. The average Bonchev–Trinajstić information content (AvgIpc) is 2.45. The molecule has 1 amide bonds. The highest BCUT2D eigenvalue weighted by Crippen LogP contribution is 2.38. The van der Waals surface area contributed by atoms with Crippen molar-refractivity contribution < 1.29 is 18.0 Å². The van der Waals surface area contributed by atoms with Crippen LogP contribution in [0.5, 0.6) is 0 Å². The van der Waals surface area contributed by atoms with Crippen LogP contribution in [0.4, 0.5) is 18.9 Å². The van der Waals surface area contributed by atoms with E-state index in [-0.39, 0.29) is 23.6 Å². The maximum Gasteiger partial charge on any atom is 0.418 e. The van der Waals surface area contributed by atoms with E-state index < -0.39 is 17.6 Å². The summed E-state index contributed by atoms with van der Waals surface area (Å²) in [4.78, 5) is 12.6. The van der Waals surface area contributed by atoms with Crippen LogP contribution in [0.15, 0.2) is 18.2 Å². The smallest absolute Gasteiger partial charge is 0.371 e. The van der Waals surface area contributed by atoms with Crippen LogP contribution in [0.3, 0.4) is 0 Å². The lowest BCUT2D eigenvalue weighted by Gasteiger charge is -2.35. The van der Waals surface area contributed by atoms with Crippen molar-refractivity contribution >= 4 is 11.6 Å². The van der Waals surface area contributed by atoms with Gasteiger partial charge in [0, 0.05) is 19.5 Å². The number of halogens is 3. The summed E-state index contributed by atoms with van der Waals surface area (Å²) in [6, 6.07) is 5.22. The van der Waals surface area contributed by atoms with E-state index in [2.05, 4.69) is 0 Å². The van der Waals surface area contributed by atoms with Gasteiger partial charge < -0.3 is 10.6 Å². The van der Waals surface area contributed by atoms with Gasteiger partial charge in [-0.05, 0) is 37.0 Å². The van der Waals surface area contributed by atoms with Gasteiger partial charge in [0.1, 0.15) is 0 Å². The van der Waals surface area contributed by atoms with E-state index in [1.807, 2.05) is 6.07 Å². The number of hydrogen-bond donors (Lipinski definition) is 1. The van der Waals surface area contributed by atoms with Gasteiger partial charge in [0.2, 0.25) is 5.91 Å². The van der Waals surface area contributed by atoms with Crippen LogP contribution < -0.4 is 10.6 Å². The zero-order chi connectivity index (χ0) is 16.3. The molecule has 1 aliphatic rings. The van der Waals surface area contributed by atoms with Crippen LogP contribution in [0, 0.1) is 17.2 Å². The molecule has 0 bridgehead atoms. The summed E-state index contributed by atoms with van der Waals surface area (Å²) in [7, 11) is 0. The van der Waals surface area contributed by atoms with Crippen LogP contribution in [-0.2, 0) is 11.0 Å². The topological polar surface area (TPSA) is 70.1 Å². The Kier molecular flexibility index (Phi) is 4.59. The van der Waals surface area contributed by atoms with Crippen LogP contribution in [0.2, 0.25) is 0 Å². The van der Waals surface area contributed by atoms with Gasteiger partial charge >= 0.3 is 6.18 Å². The fraction of sp³-hybridized carbons (Fsp3) is 0.467. The summed E-state index contributed by atoms with van der Waals surface area (Å²) < 4.78 is 39.5. The number of rotatable bonds is 3. The van der Waals surface area contributed by atoms with E-state index >= 15 is 0 Å². The van der Waals surface area contributed by atoms with Crippen molar-refractivity contribution in [3.8, 4) is 6.07 Å². The van der Waals surface area contributed by atoms with Crippen molar-refractivity contribution in [2.75, 3.05) is 18.0 Å². The van der Waals surface area contributed by atoms with E-state index in [1.165, 1.54) is 6.07 Å². The van der Waals surface area contributed by atoms with Gasteiger partial charge in [0.15, 0.2) is 0 Å². The molecule has 1 aliphatic heterocycles. The molecule has 0 aromatic heterocycles. The number of hydrogen-bond acceptors (Lipinski definition) is 3. The van der Waals surface area contributed by atoms with Gasteiger partial charge in [-0.3, -0.25) is 4.79 Å². The lowest BCUT2D eigenvalue weighted by Crippen LogP contribution is -2.38. The first-order valence-electron chi connectivity index (χ1n) is 6.96. The highest BCUT2D eigenvalue weighted by molar-refractivity contribution is 5.74. The minimum atomic E-state index is -4.49. The highest BCUT2D eigenvalue weighted by Gasteiger charge is 2.36. The average molecular weight is 311 g/mol. The molecule has 118 valence electrons. The van der Waals surface area contributed by atoms with Gasteiger partial charge in [-0.25, -0.2) is 0 Å². The van der Waals surface area contributed by atoms with Crippen LogP contribution in [-0.4, -0.2) is 19.0 Å². The largest absolute Gasteiger partial charge is 0.418 e. The Morgan fingerprint density at radius 3 is 2.77 bits per heavy atom. The van der Waals surface area contributed by atoms with Crippen LogP contribution in [0.25, 0.3) is 0 Å². The van der Waals surface area contributed by atoms with E-state index in [0.29, 0.717) is 19.5 Å². The number of nitriles is 1. The lowest BCUT2D eigenvalue weighted by molar-refractivity contribution is -0.137. The predicted octanol–water partition coefficient (Wildman–Crippen LogP) is 2.67. The summed E-state index contributed by atoms with van der Waals surface area (Å²) in [5, 5.41) is 8.91. The molecule has 1 aromatic carbocycles. The molecular formula is C15H16F3N3O. The second-order valence-corrected chi connectivity index (χ2v) is 5.47. The van der Waals surface area contributed by atoms with Crippen molar-refractivity contribution in [2.45, 2.75) is 25.4 Å². The third kappa shape index (κ3) is 3.70. The third-order valence-corrected chi connectivity index (χ3v) is 3.78. The molecule has 4 nitrogen and oxygen atoms in total. The van der Waals surface area contributed by atoms with E-state index in [0.717, 1.165) is 18.6 Å². The number of piperidine rings is 1. The normalized spacial score (nSPS) is 18.8. The van der Waals surface area contributed by atoms with Crippen molar-refractivity contribution in [1.29, 1.82) is 5.26 Å². The first kappa shape index (κ1) is 16.1. The monoisotopic (exact) mass is 311 g/mol. The summed E-state index contributed by atoms with van der Waals surface area (Å²) in [5.41, 5.74) is 4.59. The lowest BCUT2D eigenvalue weighted by atomic mass is 9.93. The third-order valence-electron chi connectivity index (χ3n) is 3.78. The quantitative estimate of drug-likeness (QED) is 0.933. The van der Waals surface area contributed by atoms with Crippen LogP contribution in [0.1, 0.15) is 30.4 Å².